The van der Waals surface area contributed by atoms with Crippen LogP contribution in [0.15, 0.2) is 0 Å². The highest BCUT2D eigenvalue weighted by Crippen LogP contribution is 2.49. The topological polar surface area (TPSA) is 37.4 Å². The second-order valence-electron chi connectivity index (χ2n) is 8.08. The molecule has 0 atom stereocenters. The van der Waals surface area contributed by atoms with Crippen LogP contribution in [0.1, 0.15) is 88.0 Å². The minimum atomic E-state index is -3.36. The third-order valence-corrected chi connectivity index (χ3v) is 8.81. The van der Waals surface area contributed by atoms with Crippen LogP contribution in [-0.4, -0.2) is 30.6 Å². The Morgan fingerprint density at radius 1 is 0.783 bits per heavy atom. The highest BCUT2D eigenvalue weighted by Gasteiger charge is 2.55. The maximum atomic E-state index is 13.8. The summed E-state index contributed by atoms with van der Waals surface area (Å²) in [4.78, 5) is 0. The van der Waals surface area contributed by atoms with Crippen molar-refractivity contribution in [3.8, 4) is 0 Å². The van der Waals surface area contributed by atoms with Gasteiger partial charge in [-0.25, -0.2) is 12.7 Å². The van der Waals surface area contributed by atoms with Gasteiger partial charge in [0.1, 0.15) is 0 Å². The van der Waals surface area contributed by atoms with Crippen LogP contribution in [0.5, 0.6) is 0 Å². The summed E-state index contributed by atoms with van der Waals surface area (Å²) in [5.74, 6) is 0.675. The minimum absolute atomic E-state index is 0.193. The number of sulfonamides is 1. The molecule has 0 aromatic rings. The van der Waals surface area contributed by atoms with Crippen LogP contribution in [-0.2, 0) is 10.0 Å². The first-order valence-electron chi connectivity index (χ1n) is 9.47. The van der Waals surface area contributed by atoms with Gasteiger partial charge < -0.3 is 0 Å². The quantitative estimate of drug-likeness (QED) is 0.507. The molecule has 0 heterocycles. The molecule has 23 heavy (non-hydrogen) atoms. The molecule has 0 amide bonds. The maximum absolute atomic E-state index is 13.8. The van der Waals surface area contributed by atoms with Gasteiger partial charge in [-0.15, -0.1) is 0 Å². The van der Waals surface area contributed by atoms with E-state index in [1.54, 1.807) is 4.31 Å². The van der Waals surface area contributed by atoms with E-state index in [9.17, 15) is 8.42 Å². The predicted octanol–water partition coefficient (Wildman–Crippen LogP) is 5.32. The molecule has 0 aliphatic rings. The van der Waals surface area contributed by atoms with Gasteiger partial charge in [-0.3, -0.25) is 0 Å². The van der Waals surface area contributed by atoms with Gasteiger partial charge in [0.15, 0.2) is 0 Å². The predicted molar refractivity (Wildman–Crippen MR) is 102 cm³/mol. The van der Waals surface area contributed by atoms with Gasteiger partial charge in [0, 0.05) is 13.1 Å². The Balaban J connectivity index is 6.18. The molecule has 3 nitrogen and oxygen atoms in total. The van der Waals surface area contributed by atoms with Crippen molar-refractivity contribution in [2.45, 2.75) is 92.7 Å². The molecular weight excluding hydrogens is 306 g/mol. The number of rotatable bonds is 11. The van der Waals surface area contributed by atoms with Gasteiger partial charge in [0.05, 0.1) is 4.75 Å². The highest BCUT2D eigenvalue weighted by atomic mass is 32.2. The normalized spacial score (nSPS) is 14.3. The summed E-state index contributed by atoms with van der Waals surface area (Å²) in [6.45, 7) is 20.2. The van der Waals surface area contributed by atoms with E-state index in [0.717, 1.165) is 12.8 Å². The number of hydrogen-bond donors (Lipinski definition) is 0. The smallest absolute Gasteiger partial charge is 0.212 e. The summed E-state index contributed by atoms with van der Waals surface area (Å²) in [6.07, 6.45) is 3.14. The lowest BCUT2D eigenvalue weighted by Gasteiger charge is -2.49. The summed E-state index contributed by atoms with van der Waals surface area (Å²) in [7, 11) is -3.36. The summed E-state index contributed by atoms with van der Waals surface area (Å²) < 4.78 is 28.7. The van der Waals surface area contributed by atoms with Crippen molar-refractivity contribution in [2.75, 3.05) is 13.1 Å². The van der Waals surface area contributed by atoms with E-state index in [0.29, 0.717) is 37.8 Å². The van der Waals surface area contributed by atoms with Gasteiger partial charge in [-0.05, 0) is 42.9 Å². The number of hydrogen-bond acceptors (Lipinski definition) is 2. The van der Waals surface area contributed by atoms with Crippen molar-refractivity contribution in [2.24, 2.45) is 17.3 Å². The zero-order valence-electron chi connectivity index (χ0n) is 17.1. The lowest BCUT2D eigenvalue weighted by molar-refractivity contribution is 0.167. The first-order valence-corrected chi connectivity index (χ1v) is 10.9. The van der Waals surface area contributed by atoms with Gasteiger partial charge in [-0.2, -0.15) is 0 Å². The van der Waals surface area contributed by atoms with Crippen molar-refractivity contribution in [3.05, 3.63) is 0 Å². The largest absolute Gasteiger partial charge is 0.220 e. The Bertz CT molecular complexity index is 422. The summed E-state index contributed by atoms with van der Waals surface area (Å²) in [5, 5.41) is 0. The van der Waals surface area contributed by atoms with Crippen LogP contribution < -0.4 is 0 Å². The lowest BCUT2D eigenvalue weighted by atomic mass is 9.69. The molecule has 0 fully saturated rings. The van der Waals surface area contributed by atoms with Gasteiger partial charge in [0.25, 0.3) is 0 Å². The summed E-state index contributed by atoms with van der Waals surface area (Å²) >= 11 is 0. The first kappa shape index (κ1) is 22.9. The van der Waals surface area contributed by atoms with Crippen LogP contribution in [0.3, 0.4) is 0 Å². The van der Waals surface area contributed by atoms with E-state index in [2.05, 4.69) is 48.5 Å². The van der Waals surface area contributed by atoms with Crippen molar-refractivity contribution in [1.29, 1.82) is 0 Å². The van der Waals surface area contributed by atoms with Crippen LogP contribution in [0, 0.1) is 17.3 Å². The monoisotopic (exact) mass is 347 g/mol. The Kier molecular flexibility index (Phi) is 8.81. The second kappa shape index (κ2) is 8.84. The zero-order valence-corrected chi connectivity index (χ0v) is 17.9. The molecule has 0 saturated carbocycles. The standard InChI is InChI=1S/C19H41NO2S/c1-10-18(9,11-2)19(12-3,13-4)23(21,22)20(14-16(5)6)15-17(7)8/h16-17H,10-15H2,1-9H3. The highest BCUT2D eigenvalue weighted by molar-refractivity contribution is 7.90. The average molecular weight is 348 g/mol. The van der Waals surface area contributed by atoms with E-state index in [-0.39, 0.29) is 5.41 Å². The summed E-state index contributed by atoms with van der Waals surface area (Å²) in [5.41, 5.74) is -0.193. The third-order valence-electron chi connectivity index (χ3n) is 5.77. The molecule has 0 radical (unpaired) electrons. The lowest BCUT2D eigenvalue weighted by Crippen LogP contribution is -2.58. The Hall–Kier alpha value is -0.0900. The molecule has 0 rings (SSSR count). The van der Waals surface area contributed by atoms with E-state index in [1.165, 1.54) is 0 Å². The van der Waals surface area contributed by atoms with Crippen molar-refractivity contribution < 1.29 is 8.42 Å². The van der Waals surface area contributed by atoms with Crippen LogP contribution in [0.2, 0.25) is 0 Å². The molecule has 0 unspecified atom stereocenters. The van der Waals surface area contributed by atoms with Gasteiger partial charge >= 0.3 is 0 Å². The summed E-state index contributed by atoms with van der Waals surface area (Å²) in [6, 6.07) is 0. The number of nitrogens with zero attached hydrogens (tertiary/aromatic N) is 1. The van der Waals surface area contributed by atoms with E-state index in [4.69, 9.17) is 0 Å². The van der Waals surface area contributed by atoms with Crippen molar-refractivity contribution in [1.82, 2.24) is 4.31 Å². The fourth-order valence-electron chi connectivity index (χ4n) is 4.01. The van der Waals surface area contributed by atoms with E-state index in [1.807, 2.05) is 13.8 Å². The molecule has 0 N–H and O–H groups in total. The molecular formula is C19H41NO2S. The molecule has 0 spiro atoms. The molecule has 0 aromatic heterocycles. The van der Waals surface area contributed by atoms with Gasteiger partial charge in [-0.1, -0.05) is 62.3 Å². The molecule has 0 bridgehead atoms. The second-order valence-corrected chi connectivity index (χ2v) is 10.3. The SMILES string of the molecule is CCC(C)(CC)C(CC)(CC)S(=O)(=O)N(CC(C)C)CC(C)C. The van der Waals surface area contributed by atoms with Crippen LogP contribution in [0.4, 0.5) is 0 Å². The molecule has 0 aromatic carbocycles. The van der Waals surface area contributed by atoms with Crippen molar-refractivity contribution >= 4 is 10.0 Å². The van der Waals surface area contributed by atoms with Gasteiger partial charge in [0.2, 0.25) is 10.0 Å². The molecule has 0 aliphatic carbocycles. The molecule has 0 aliphatic heterocycles. The Morgan fingerprint density at radius 3 is 1.35 bits per heavy atom. The Morgan fingerprint density at radius 2 is 1.13 bits per heavy atom. The fraction of sp³-hybridized carbons (Fsp3) is 1.00. The van der Waals surface area contributed by atoms with Crippen LogP contribution in [0.25, 0.3) is 0 Å². The Labute approximate surface area is 146 Å². The zero-order chi connectivity index (χ0) is 18.5. The van der Waals surface area contributed by atoms with Crippen molar-refractivity contribution in [3.63, 3.8) is 0 Å². The molecule has 140 valence electrons. The van der Waals surface area contributed by atoms with E-state index >= 15 is 0 Å². The average Bonchev–Trinajstić information content (AvgIpc) is 2.46. The minimum Gasteiger partial charge on any atom is -0.212 e. The van der Waals surface area contributed by atoms with Crippen LogP contribution >= 0.6 is 0 Å². The van der Waals surface area contributed by atoms with E-state index < -0.39 is 14.8 Å². The molecule has 0 saturated heterocycles. The molecule has 4 heteroatoms. The maximum Gasteiger partial charge on any atom is 0.220 e. The third kappa shape index (κ3) is 4.50. The fourth-order valence-corrected chi connectivity index (χ4v) is 7.13. The first-order chi connectivity index (χ1) is 10.5.